The first-order valence-corrected chi connectivity index (χ1v) is 9.19. The van der Waals surface area contributed by atoms with Crippen molar-refractivity contribution in [1.82, 2.24) is 9.55 Å². The molecule has 3 rings (SSSR count). The third-order valence-electron chi connectivity index (χ3n) is 3.39. The maximum absolute atomic E-state index is 12.9. The molecule has 7 heteroatoms. The van der Waals surface area contributed by atoms with E-state index in [-0.39, 0.29) is 11.3 Å². The molecule has 0 atom stereocenters. The average molecular weight is 452 g/mol. The van der Waals surface area contributed by atoms with E-state index in [4.69, 9.17) is 5.11 Å². The van der Waals surface area contributed by atoms with Gasteiger partial charge in [0.05, 0.1) is 23.2 Å². The van der Waals surface area contributed by atoms with Crippen LogP contribution in [0, 0.1) is 3.57 Å². The molecule has 1 N–H and O–H groups in total. The van der Waals surface area contributed by atoms with Gasteiger partial charge in [-0.05, 0) is 46.4 Å². The Hall–Kier alpha value is -1.87. The van der Waals surface area contributed by atoms with Gasteiger partial charge >= 0.3 is 5.97 Å². The van der Waals surface area contributed by atoms with Gasteiger partial charge in [-0.15, -0.1) is 0 Å². The van der Waals surface area contributed by atoms with E-state index in [0.29, 0.717) is 22.6 Å². The van der Waals surface area contributed by atoms with Gasteiger partial charge in [0.15, 0.2) is 5.16 Å². The summed E-state index contributed by atoms with van der Waals surface area (Å²) >= 11 is 3.21. The van der Waals surface area contributed by atoms with E-state index in [2.05, 4.69) is 27.6 Å². The van der Waals surface area contributed by atoms with Crippen LogP contribution in [0.15, 0.2) is 58.5 Å². The molecular formula is C17H13IN2O3S. The predicted molar refractivity (Wildman–Crippen MR) is 103 cm³/mol. The van der Waals surface area contributed by atoms with Gasteiger partial charge < -0.3 is 5.11 Å². The van der Waals surface area contributed by atoms with Crippen molar-refractivity contribution >= 4 is 51.2 Å². The number of fused-ring (bicyclic) bond motifs is 1. The van der Waals surface area contributed by atoms with Crippen molar-refractivity contribution in [2.45, 2.75) is 11.7 Å². The van der Waals surface area contributed by atoms with Crippen LogP contribution < -0.4 is 5.56 Å². The van der Waals surface area contributed by atoms with Gasteiger partial charge in [-0.2, -0.15) is 0 Å². The summed E-state index contributed by atoms with van der Waals surface area (Å²) in [6, 6.07) is 15.0. The van der Waals surface area contributed by atoms with Gasteiger partial charge in [-0.25, -0.2) is 4.98 Å². The number of halogens is 1. The standard InChI is InChI=1S/C17H13IN2O3S/c18-12-6-7-14-13(8-12)16(23)20(9-11-4-2-1-3-5-11)17(19-14)24-10-15(21)22/h1-8H,9-10H2,(H,21,22). The largest absolute Gasteiger partial charge is 0.481 e. The number of carboxylic acids is 1. The molecule has 0 radical (unpaired) electrons. The lowest BCUT2D eigenvalue weighted by Crippen LogP contribution is -2.24. The van der Waals surface area contributed by atoms with Crippen LogP contribution in [0.4, 0.5) is 0 Å². The van der Waals surface area contributed by atoms with Gasteiger partial charge in [0, 0.05) is 3.57 Å². The summed E-state index contributed by atoms with van der Waals surface area (Å²) in [6.07, 6.45) is 0. The highest BCUT2D eigenvalue weighted by Gasteiger charge is 2.13. The van der Waals surface area contributed by atoms with Gasteiger partial charge in [0.2, 0.25) is 0 Å². The minimum absolute atomic E-state index is 0.142. The molecule has 24 heavy (non-hydrogen) atoms. The molecule has 1 aromatic heterocycles. The summed E-state index contributed by atoms with van der Waals surface area (Å²) in [5.41, 5.74) is 1.39. The van der Waals surface area contributed by atoms with E-state index in [1.807, 2.05) is 36.4 Å². The molecule has 0 aliphatic carbocycles. The number of thioether (sulfide) groups is 1. The fourth-order valence-corrected chi connectivity index (χ4v) is 3.52. The van der Waals surface area contributed by atoms with Crippen molar-refractivity contribution in [3.05, 3.63) is 68.0 Å². The zero-order valence-corrected chi connectivity index (χ0v) is 15.5. The quantitative estimate of drug-likeness (QED) is 0.366. The summed E-state index contributed by atoms with van der Waals surface area (Å²) in [6.45, 7) is 0.357. The summed E-state index contributed by atoms with van der Waals surface area (Å²) in [4.78, 5) is 28.3. The van der Waals surface area contributed by atoms with Crippen LogP contribution >= 0.6 is 34.4 Å². The van der Waals surface area contributed by atoms with Crippen LogP contribution in [-0.2, 0) is 11.3 Å². The Morgan fingerprint density at radius 2 is 1.96 bits per heavy atom. The van der Waals surface area contributed by atoms with E-state index in [0.717, 1.165) is 20.9 Å². The molecular weight excluding hydrogens is 439 g/mol. The van der Waals surface area contributed by atoms with E-state index in [1.165, 1.54) is 0 Å². The second-order valence-electron chi connectivity index (χ2n) is 5.12. The summed E-state index contributed by atoms with van der Waals surface area (Å²) < 4.78 is 2.50. The second-order valence-corrected chi connectivity index (χ2v) is 7.30. The molecule has 3 aromatic rings. The first-order valence-electron chi connectivity index (χ1n) is 7.13. The second kappa shape index (κ2) is 7.35. The number of benzene rings is 2. The Morgan fingerprint density at radius 3 is 2.67 bits per heavy atom. The highest BCUT2D eigenvalue weighted by molar-refractivity contribution is 14.1. The van der Waals surface area contributed by atoms with E-state index in [1.54, 1.807) is 16.7 Å². The lowest BCUT2D eigenvalue weighted by molar-refractivity contribution is -0.133. The molecule has 0 fully saturated rings. The molecule has 0 bridgehead atoms. The van der Waals surface area contributed by atoms with Gasteiger partial charge in [-0.1, -0.05) is 42.1 Å². The minimum Gasteiger partial charge on any atom is -0.481 e. The van der Waals surface area contributed by atoms with E-state index < -0.39 is 5.97 Å². The van der Waals surface area contributed by atoms with Crippen LogP contribution in [0.3, 0.4) is 0 Å². The SMILES string of the molecule is O=C(O)CSc1nc2ccc(I)cc2c(=O)n1Cc1ccccc1. The van der Waals surface area contributed by atoms with Crippen LogP contribution in [0.5, 0.6) is 0 Å². The summed E-state index contributed by atoms with van der Waals surface area (Å²) in [5.74, 6) is -1.08. The number of carboxylic acid groups (broad SMARTS) is 1. The molecule has 5 nitrogen and oxygen atoms in total. The third-order valence-corrected chi connectivity index (χ3v) is 5.02. The fourth-order valence-electron chi connectivity index (χ4n) is 2.31. The van der Waals surface area contributed by atoms with Crippen LogP contribution in [-0.4, -0.2) is 26.4 Å². The maximum Gasteiger partial charge on any atom is 0.313 e. The first-order chi connectivity index (χ1) is 11.5. The molecule has 122 valence electrons. The van der Waals surface area contributed by atoms with Crippen molar-refractivity contribution in [3.8, 4) is 0 Å². The van der Waals surface area contributed by atoms with Crippen molar-refractivity contribution in [2.75, 3.05) is 5.75 Å². The summed E-state index contributed by atoms with van der Waals surface area (Å²) in [7, 11) is 0. The zero-order valence-electron chi connectivity index (χ0n) is 12.5. The number of carbonyl (C=O) groups is 1. The highest BCUT2D eigenvalue weighted by Crippen LogP contribution is 2.20. The molecule has 0 saturated carbocycles. The smallest absolute Gasteiger partial charge is 0.313 e. The molecule has 0 spiro atoms. The van der Waals surface area contributed by atoms with Crippen molar-refractivity contribution < 1.29 is 9.90 Å². The average Bonchev–Trinajstić information content (AvgIpc) is 2.57. The molecule has 2 aromatic carbocycles. The Labute approximate surface area is 155 Å². The Balaban J connectivity index is 2.14. The maximum atomic E-state index is 12.9. The first kappa shape index (κ1) is 17.0. The number of aromatic nitrogens is 2. The lowest BCUT2D eigenvalue weighted by Gasteiger charge is -2.13. The highest BCUT2D eigenvalue weighted by atomic mass is 127. The van der Waals surface area contributed by atoms with Crippen molar-refractivity contribution in [1.29, 1.82) is 0 Å². The number of hydrogen-bond donors (Lipinski definition) is 1. The van der Waals surface area contributed by atoms with Crippen LogP contribution in [0.2, 0.25) is 0 Å². The monoisotopic (exact) mass is 452 g/mol. The topological polar surface area (TPSA) is 72.2 Å². The van der Waals surface area contributed by atoms with Gasteiger partial charge in [0.25, 0.3) is 5.56 Å². The molecule has 0 amide bonds. The molecule has 0 aliphatic rings. The fraction of sp³-hybridized carbons (Fsp3) is 0.118. The van der Waals surface area contributed by atoms with Crippen molar-refractivity contribution in [2.24, 2.45) is 0 Å². The van der Waals surface area contributed by atoms with Crippen LogP contribution in [0.1, 0.15) is 5.56 Å². The number of rotatable bonds is 5. The summed E-state index contributed by atoms with van der Waals surface area (Å²) in [5, 5.41) is 9.89. The van der Waals surface area contributed by atoms with Crippen molar-refractivity contribution in [3.63, 3.8) is 0 Å². The normalized spacial score (nSPS) is 10.9. The number of aliphatic carboxylic acids is 1. The molecule has 1 heterocycles. The third kappa shape index (κ3) is 3.78. The number of hydrogen-bond acceptors (Lipinski definition) is 4. The predicted octanol–water partition coefficient (Wildman–Crippen LogP) is 3.23. The van der Waals surface area contributed by atoms with Crippen LogP contribution in [0.25, 0.3) is 10.9 Å². The lowest BCUT2D eigenvalue weighted by atomic mass is 10.2. The molecule has 0 aliphatic heterocycles. The Morgan fingerprint density at radius 1 is 1.21 bits per heavy atom. The minimum atomic E-state index is -0.941. The van der Waals surface area contributed by atoms with E-state index >= 15 is 0 Å². The Kier molecular flexibility index (Phi) is 5.20. The number of nitrogens with zero attached hydrogens (tertiary/aromatic N) is 2. The molecule has 0 saturated heterocycles. The van der Waals surface area contributed by atoms with Gasteiger partial charge in [0.1, 0.15) is 0 Å². The molecule has 0 unspecified atom stereocenters. The van der Waals surface area contributed by atoms with E-state index in [9.17, 15) is 9.59 Å². The zero-order chi connectivity index (χ0) is 17.1. The Bertz CT molecular complexity index is 957. The van der Waals surface area contributed by atoms with Gasteiger partial charge in [-0.3, -0.25) is 14.2 Å².